The Kier molecular flexibility index (Phi) is 1.17. The van der Waals surface area contributed by atoms with Crippen molar-refractivity contribution in [3.63, 3.8) is 0 Å². The first-order chi connectivity index (χ1) is 4.38. The van der Waals surface area contributed by atoms with Crippen LogP contribution in [0.5, 0.6) is 0 Å². The molecule has 1 aliphatic rings. The Bertz CT molecular complexity index is 180. The van der Waals surface area contributed by atoms with E-state index in [-0.39, 0.29) is 0 Å². The van der Waals surface area contributed by atoms with Gasteiger partial charge >= 0.3 is 11.8 Å². The summed E-state index contributed by atoms with van der Waals surface area (Å²) >= 11 is 0. The standard InChI is InChI=1S/C4H6O6/c5-2-1-10-4(8,9)3(2,6)7/h1,5-9H. The van der Waals surface area contributed by atoms with Gasteiger partial charge in [0.2, 0.25) is 0 Å². The minimum absolute atomic E-state index is 0.431. The van der Waals surface area contributed by atoms with Crippen molar-refractivity contribution in [2.75, 3.05) is 0 Å². The molecule has 0 spiro atoms. The van der Waals surface area contributed by atoms with Gasteiger partial charge in [-0.3, -0.25) is 0 Å². The van der Waals surface area contributed by atoms with Crippen LogP contribution in [0.2, 0.25) is 0 Å². The zero-order valence-corrected chi connectivity index (χ0v) is 4.72. The predicted octanol–water partition coefficient (Wildman–Crippen LogP) is -2.26. The molecule has 0 aromatic carbocycles. The zero-order chi connectivity index (χ0) is 7.99. The van der Waals surface area contributed by atoms with Gasteiger partial charge in [0.1, 0.15) is 6.26 Å². The molecule has 1 aliphatic heterocycles. The highest BCUT2D eigenvalue weighted by Crippen LogP contribution is 2.31. The molecule has 6 heteroatoms. The smallest absolute Gasteiger partial charge is 0.387 e. The van der Waals surface area contributed by atoms with Gasteiger partial charge in [0.25, 0.3) is 0 Å². The second-order valence-corrected chi connectivity index (χ2v) is 1.90. The summed E-state index contributed by atoms with van der Waals surface area (Å²) in [6.07, 6.45) is 0.431. The third-order valence-corrected chi connectivity index (χ3v) is 1.15. The summed E-state index contributed by atoms with van der Waals surface area (Å²) in [5, 5.41) is 42.7. The quantitative estimate of drug-likeness (QED) is 0.249. The van der Waals surface area contributed by atoms with E-state index in [1.165, 1.54) is 0 Å². The maximum Gasteiger partial charge on any atom is 0.387 e. The van der Waals surface area contributed by atoms with Crippen LogP contribution in [0.4, 0.5) is 0 Å². The molecule has 0 bridgehead atoms. The minimum Gasteiger partial charge on any atom is -0.504 e. The number of hydrogen-bond acceptors (Lipinski definition) is 6. The first-order valence-electron chi connectivity index (χ1n) is 2.35. The lowest BCUT2D eigenvalue weighted by atomic mass is 10.2. The molecule has 0 atom stereocenters. The molecular formula is C4H6O6. The topological polar surface area (TPSA) is 110 Å². The summed E-state index contributed by atoms with van der Waals surface area (Å²) in [6.45, 7) is 0. The Labute approximate surface area is 55.2 Å². The molecule has 0 aromatic heterocycles. The van der Waals surface area contributed by atoms with Crippen molar-refractivity contribution < 1.29 is 30.3 Å². The first kappa shape index (κ1) is 7.29. The van der Waals surface area contributed by atoms with Crippen LogP contribution in [0.25, 0.3) is 0 Å². The molecule has 1 rings (SSSR count). The van der Waals surface area contributed by atoms with Gasteiger partial charge in [0.05, 0.1) is 0 Å². The van der Waals surface area contributed by atoms with E-state index in [0.717, 1.165) is 0 Å². The Morgan fingerprint density at radius 3 is 1.80 bits per heavy atom. The van der Waals surface area contributed by atoms with Gasteiger partial charge in [-0.2, -0.15) is 0 Å². The number of aliphatic hydroxyl groups excluding tert-OH is 1. The molecule has 0 unspecified atom stereocenters. The summed E-state index contributed by atoms with van der Waals surface area (Å²) in [6, 6.07) is 0. The fourth-order valence-corrected chi connectivity index (χ4v) is 0.469. The molecule has 0 saturated carbocycles. The van der Waals surface area contributed by atoms with Gasteiger partial charge in [-0.25, -0.2) is 0 Å². The molecular weight excluding hydrogens is 144 g/mol. The Morgan fingerprint density at radius 1 is 1.20 bits per heavy atom. The number of aliphatic hydroxyl groups is 5. The van der Waals surface area contributed by atoms with Gasteiger partial charge in [-0.1, -0.05) is 0 Å². The SMILES string of the molecule is OC1=COC(O)(O)C1(O)O. The number of ether oxygens (including phenoxy) is 1. The highest BCUT2D eigenvalue weighted by molar-refractivity contribution is 5.08. The summed E-state index contributed by atoms with van der Waals surface area (Å²) in [4.78, 5) is 0. The van der Waals surface area contributed by atoms with E-state index < -0.39 is 17.5 Å². The van der Waals surface area contributed by atoms with Gasteiger partial charge < -0.3 is 30.3 Å². The van der Waals surface area contributed by atoms with Crippen LogP contribution in [-0.2, 0) is 4.74 Å². The van der Waals surface area contributed by atoms with Gasteiger partial charge in [-0.15, -0.1) is 0 Å². The van der Waals surface area contributed by atoms with Crippen molar-refractivity contribution in [2.24, 2.45) is 0 Å². The van der Waals surface area contributed by atoms with Gasteiger partial charge in [0.15, 0.2) is 5.76 Å². The van der Waals surface area contributed by atoms with Crippen LogP contribution in [0, 0.1) is 0 Å². The molecule has 5 N–H and O–H groups in total. The van der Waals surface area contributed by atoms with Crippen LogP contribution >= 0.6 is 0 Å². The molecule has 0 radical (unpaired) electrons. The van der Waals surface area contributed by atoms with Gasteiger partial charge in [-0.05, 0) is 0 Å². The molecule has 1 heterocycles. The normalized spacial score (nSPS) is 27.4. The lowest BCUT2D eigenvalue weighted by molar-refractivity contribution is -0.422. The number of rotatable bonds is 0. The highest BCUT2D eigenvalue weighted by atomic mass is 16.8. The van der Waals surface area contributed by atoms with E-state index >= 15 is 0 Å². The Morgan fingerprint density at radius 2 is 1.70 bits per heavy atom. The van der Waals surface area contributed by atoms with Crippen molar-refractivity contribution in [2.45, 2.75) is 11.8 Å². The van der Waals surface area contributed by atoms with Crippen molar-refractivity contribution in [1.82, 2.24) is 0 Å². The van der Waals surface area contributed by atoms with Crippen molar-refractivity contribution >= 4 is 0 Å². The average Bonchev–Trinajstić information content (AvgIpc) is 1.94. The number of hydrogen-bond donors (Lipinski definition) is 5. The maximum atomic E-state index is 8.60. The fraction of sp³-hybridized carbons (Fsp3) is 0.500. The summed E-state index contributed by atoms with van der Waals surface area (Å²) in [5.74, 6) is -7.37. The molecule has 0 amide bonds. The van der Waals surface area contributed by atoms with E-state index in [4.69, 9.17) is 25.5 Å². The maximum absolute atomic E-state index is 8.60. The molecule has 0 aromatic rings. The fourth-order valence-electron chi connectivity index (χ4n) is 0.469. The van der Waals surface area contributed by atoms with E-state index in [1.807, 2.05) is 0 Å². The molecule has 0 saturated heterocycles. The van der Waals surface area contributed by atoms with Crippen LogP contribution in [0.15, 0.2) is 12.0 Å². The van der Waals surface area contributed by atoms with E-state index in [1.54, 1.807) is 0 Å². The molecule has 0 fully saturated rings. The van der Waals surface area contributed by atoms with Gasteiger partial charge in [0, 0.05) is 0 Å². The van der Waals surface area contributed by atoms with Crippen LogP contribution < -0.4 is 0 Å². The Balaban J connectivity index is 2.96. The third-order valence-electron chi connectivity index (χ3n) is 1.15. The van der Waals surface area contributed by atoms with E-state index in [2.05, 4.69) is 4.74 Å². The van der Waals surface area contributed by atoms with E-state index in [9.17, 15) is 0 Å². The average molecular weight is 150 g/mol. The molecule has 0 aliphatic carbocycles. The van der Waals surface area contributed by atoms with E-state index in [0.29, 0.717) is 6.26 Å². The molecule has 10 heavy (non-hydrogen) atoms. The Hall–Kier alpha value is -0.820. The monoisotopic (exact) mass is 150 g/mol. The molecule has 6 nitrogen and oxygen atoms in total. The van der Waals surface area contributed by atoms with Crippen molar-refractivity contribution in [1.29, 1.82) is 0 Å². The third kappa shape index (κ3) is 0.673. The lowest BCUT2D eigenvalue weighted by Crippen LogP contribution is -2.53. The molecule has 58 valence electrons. The lowest BCUT2D eigenvalue weighted by Gasteiger charge is -2.25. The second-order valence-electron chi connectivity index (χ2n) is 1.90. The van der Waals surface area contributed by atoms with Crippen LogP contribution in [0.1, 0.15) is 0 Å². The summed E-state index contributed by atoms with van der Waals surface area (Å²) in [7, 11) is 0. The zero-order valence-electron chi connectivity index (χ0n) is 4.72. The van der Waals surface area contributed by atoms with Crippen LogP contribution in [0.3, 0.4) is 0 Å². The second kappa shape index (κ2) is 1.61. The van der Waals surface area contributed by atoms with Crippen molar-refractivity contribution in [3.05, 3.63) is 12.0 Å². The first-order valence-corrected chi connectivity index (χ1v) is 2.35. The highest BCUT2D eigenvalue weighted by Gasteiger charge is 2.58. The van der Waals surface area contributed by atoms with Crippen LogP contribution in [-0.4, -0.2) is 37.3 Å². The van der Waals surface area contributed by atoms with Crippen molar-refractivity contribution in [3.8, 4) is 0 Å². The largest absolute Gasteiger partial charge is 0.504 e. The summed E-state index contributed by atoms with van der Waals surface area (Å²) < 4.78 is 3.87. The minimum atomic E-state index is -3.17. The predicted molar refractivity (Wildman–Crippen MR) is 26.1 cm³/mol. The summed E-state index contributed by atoms with van der Waals surface area (Å²) in [5.41, 5.74) is 0.